The lowest BCUT2D eigenvalue weighted by molar-refractivity contribution is -0.148. The van der Waals surface area contributed by atoms with Crippen LogP contribution in [0.3, 0.4) is 0 Å². The third-order valence-corrected chi connectivity index (χ3v) is 5.18. The van der Waals surface area contributed by atoms with Gasteiger partial charge in [-0.1, -0.05) is 54.6 Å². The molecule has 1 aliphatic rings. The number of ether oxygens (including phenoxy) is 2. The molecule has 1 fully saturated rings. The molecule has 0 radical (unpaired) electrons. The van der Waals surface area contributed by atoms with Crippen LogP contribution in [0, 0.1) is 0 Å². The summed E-state index contributed by atoms with van der Waals surface area (Å²) in [5.41, 5.74) is 1.85. The summed E-state index contributed by atoms with van der Waals surface area (Å²) < 4.78 is 12.0. The zero-order valence-electron chi connectivity index (χ0n) is 15.4. The van der Waals surface area contributed by atoms with Crippen molar-refractivity contribution in [3.05, 3.63) is 71.3 Å². The van der Waals surface area contributed by atoms with E-state index in [4.69, 9.17) is 9.47 Å². The lowest BCUT2D eigenvalue weighted by Crippen LogP contribution is -2.50. The highest BCUT2D eigenvalue weighted by molar-refractivity contribution is 5.78. The molecule has 1 atom stereocenters. The Balaban J connectivity index is 1.90. The Bertz CT molecular complexity index is 751. The highest BCUT2D eigenvalue weighted by atomic mass is 16.7. The van der Waals surface area contributed by atoms with E-state index in [9.17, 15) is 9.90 Å². The number of likely N-dealkylation sites (N-methyl/N-ethyl adjacent to an activating group) is 1. The van der Waals surface area contributed by atoms with Gasteiger partial charge in [-0.05, 0) is 26.6 Å². The summed E-state index contributed by atoms with van der Waals surface area (Å²) in [5.74, 6) is -1.73. The van der Waals surface area contributed by atoms with Crippen molar-refractivity contribution >= 4 is 5.97 Å². The third kappa shape index (κ3) is 3.26. The molecule has 26 heavy (non-hydrogen) atoms. The smallest absolute Gasteiger partial charge is 0.324 e. The average molecular weight is 355 g/mol. The van der Waals surface area contributed by atoms with Crippen molar-refractivity contribution in [1.82, 2.24) is 4.90 Å². The predicted octanol–water partition coefficient (Wildman–Crippen LogP) is 2.88. The van der Waals surface area contributed by atoms with Crippen molar-refractivity contribution in [2.45, 2.75) is 24.7 Å². The van der Waals surface area contributed by atoms with Crippen LogP contribution in [0.25, 0.3) is 0 Å². The summed E-state index contributed by atoms with van der Waals surface area (Å²) in [5, 5.41) is 9.60. The molecular formula is C21H25NO4. The highest BCUT2D eigenvalue weighted by Gasteiger charge is 2.41. The Morgan fingerprint density at radius 2 is 1.58 bits per heavy atom. The first-order chi connectivity index (χ1) is 12.4. The largest absolute Gasteiger partial charge is 0.480 e. The Kier molecular flexibility index (Phi) is 5.14. The summed E-state index contributed by atoms with van der Waals surface area (Å²) in [4.78, 5) is 13.4. The monoisotopic (exact) mass is 355 g/mol. The minimum atomic E-state index is -0.959. The molecular weight excluding hydrogens is 330 g/mol. The maximum absolute atomic E-state index is 11.7. The number of aliphatic carboxylic acids is 1. The number of carboxylic acid groups (broad SMARTS) is 1. The van der Waals surface area contributed by atoms with Gasteiger partial charge < -0.3 is 14.6 Å². The van der Waals surface area contributed by atoms with Crippen LogP contribution in [0.4, 0.5) is 0 Å². The lowest BCUT2D eigenvalue weighted by Gasteiger charge is -2.32. The first kappa shape index (κ1) is 18.6. The van der Waals surface area contributed by atoms with E-state index in [1.165, 1.54) is 0 Å². The Labute approximate surface area is 154 Å². The van der Waals surface area contributed by atoms with E-state index in [0.29, 0.717) is 19.6 Å². The van der Waals surface area contributed by atoms with E-state index >= 15 is 0 Å². The fraction of sp³-hybridized carbons (Fsp3) is 0.381. The Morgan fingerprint density at radius 3 is 2.08 bits per heavy atom. The van der Waals surface area contributed by atoms with Gasteiger partial charge in [-0.15, -0.1) is 0 Å². The Hall–Kier alpha value is -2.21. The molecule has 0 unspecified atom stereocenters. The van der Waals surface area contributed by atoms with Gasteiger partial charge in [0, 0.05) is 17.5 Å². The van der Waals surface area contributed by atoms with Gasteiger partial charge in [0.05, 0.1) is 13.2 Å². The summed E-state index contributed by atoms with van der Waals surface area (Å²) in [7, 11) is 3.57. The van der Waals surface area contributed by atoms with Crippen LogP contribution >= 0.6 is 0 Å². The van der Waals surface area contributed by atoms with Crippen molar-refractivity contribution in [2.24, 2.45) is 0 Å². The zero-order chi connectivity index (χ0) is 18.8. The molecule has 2 aromatic carbocycles. The number of carboxylic acids is 1. The van der Waals surface area contributed by atoms with E-state index < -0.39 is 17.3 Å². The van der Waals surface area contributed by atoms with Crippen LogP contribution in [0.1, 0.15) is 23.6 Å². The van der Waals surface area contributed by atoms with Crippen LogP contribution in [-0.4, -0.2) is 48.8 Å². The normalized spacial score (nSPS) is 18.6. The Morgan fingerprint density at radius 1 is 1.04 bits per heavy atom. The van der Waals surface area contributed by atoms with Gasteiger partial charge in [-0.2, -0.15) is 0 Å². The standard InChI is InChI=1S/C21H25NO4/c1-20(19(23)24,22(2)3)15-16-9-11-18(12-10-16)21(25-13-14-26-21)17-7-5-4-6-8-17/h4-12H,13-15H2,1-3H3,(H,23,24)/t20-/m0/s1. The van der Waals surface area contributed by atoms with E-state index in [0.717, 1.165) is 16.7 Å². The third-order valence-electron chi connectivity index (χ3n) is 5.18. The number of benzene rings is 2. The molecule has 0 amide bonds. The average Bonchev–Trinajstić information content (AvgIpc) is 3.13. The second-order valence-electron chi connectivity index (χ2n) is 7.03. The van der Waals surface area contributed by atoms with Crippen molar-refractivity contribution < 1.29 is 19.4 Å². The van der Waals surface area contributed by atoms with E-state index in [2.05, 4.69) is 0 Å². The molecule has 1 aliphatic heterocycles. The molecule has 1 N–H and O–H groups in total. The fourth-order valence-electron chi connectivity index (χ4n) is 3.23. The van der Waals surface area contributed by atoms with Gasteiger partial charge in [0.15, 0.2) is 0 Å². The van der Waals surface area contributed by atoms with Gasteiger partial charge in [0.1, 0.15) is 5.54 Å². The fourth-order valence-corrected chi connectivity index (χ4v) is 3.23. The molecule has 0 bridgehead atoms. The summed E-state index contributed by atoms with van der Waals surface area (Å²) in [6.07, 6.45) is 0.412. The van der Waals surface area contributed by atoms with Gasteiger partial charge >= 0.3 is 5.97 Å². The molecule has 5 heteroatoms. The second-order valence-corrected chi connectivity index (χ2v) is 7.03. The number of hydrogen-bond acceptors (Lipinski definition) is 4. The number of carbonyl (C=O) groups is 1. The molecule has 0 aliphatic carbocycles. The molecule has 0 aromatic heterocycles. The van der Waals surface area contributed by atoms with Gasteiger partial charge in [-0.25, -0.2) is 0 Å². The molecule has 5 nitrogen and oxygen atoms in total. The van der Waals surface area contributed by atoms with Crippen LogP contribution < -0.4 is 0 Å². The number of nitrogens with zero attached hydrogens (tertiary/aromatic N) is 1. The topological polar surface area (TPSA) is 59.0 Å². The van der Waals surface area contributed by atoms with Crippen LogP contribution in [0.2, 0.25) is 0 Å². The summed E-state index contributed by atoms with van der Waals surface area (Å²) in [6, 6.07) is 17.7. The molecule has 2 aromatic rings. The maximum atomic E-state index is 11.7. The highest BCUT2D eigenvalue weighted by Crippen LogP contribution is 2.38. The zero-order valence-corrected chi connectivity index (χ0v) is 15.4. The second kappa shape index (κ2) is 7.19. The summed E-state index contributed by atoms with van der Waals surface area (Å²) >= 11 is 0. The molecule has 0 saturated carbocycles. The molecule has 3 rings (SSSR count). The lowest BCUT2D eigenvalue weighted by atomic mass is 9.90. The van der Waals surface area contributed by atoms with Gasteiger partial charge in [0.25, 0.3) is 0 Å². The van der Waals surface area contributed by atoms with Crippen molar-refractivity contribution in [3.8, 4) is 0 Å². The van der Waals surface area contributed by atoms with Gasteiger partial charge in [-0.3, -0.25) is 9.69 Å². The predicted molar refractivity (Wildman–Crippen MR) is 99.0 cm³/mol. The van der Waals surface area contributed by atoms with Crippen LogP contribution in [0.15, 0.2) is 54.6 Å². The van der Waals surface area contributed by atoms with Crippen molar-refractivity contribution in [3.63, 3.8) is 0 Å². The maximum Gasteiger partial charge on any atom is 0.324 e. The minimum absolute atomic E-state index is 0.412. The van der Waals surface area contributed by atoms with Crippen molar-refractivity contribution in [2.75, 3.05) is 27.3 Å². The van der Waals surface area contributed by atoms with E-state index in [1.54, 1.807) is 25.9 Å². The molecule has 0 spiro atoms. The van der Waals surface area contributed by atoms with Crippen molar-refractivity contribution in [1.29, 1.82) is 0 Å². The van der Waals surface area contributed by atoms with Gasteiger partial charge in [0.2, 0.25) is 5.79 Å². The molecule has 138 valence electrons. The van der Waals surface area contributed by atoms with Crippen LogP contribution in [-0.2, 0) is 26.5 Å². The first-order valence-electron chi connectivity index (χ1n) is 8.72. The first-order valence-corrected chi connectivity index (χ1v) is 8.72. The van der Waals surface area contributed by atoms with E-state index in [1.807, 2.05) is 54.6 Å². The number of rotatable bonds is 6. The van der Waals surface area contributed by atoms with E-state index in [-0.39, 0.29) is 0 Å². The minimum Gasteiger partial charge on any atom is -0.480 e. The number of hydrogen-bond donors (Lipinski definition) is 1. The summed E-state index contributed by atoms with van der Waals surface area (Å²) in [6.45, 7) is 2.81. The quantitative estimate of drug-likeness (QED) is 0.863. The van der Waals surface area contributed by atoms with Crippen LogP contribution in [0.5, 0.6) is 0 Å². The SMILES string of the molecule is CN(C)[C@@](C)(Cc1ccc(C2(c3ccccc3)OCCO2)cc1)C(=O)O. The molecule has 1 saturated heterocycles. The molecule has 1 heterocycles.